The lowest BCUT2D eigenvalue weighted by atomic mass is 10.1. The number of aryl methyl sites for hydroxylation is 1. The zero-order valence-electron chi connectivity index (χ0n) is 12.4. The van der Waals surface area contributed by atoms with E-state index in [2.05, 4.69) is 4.98 Å². The maximum atomic E-state index is 5.92. The van der Waals surface area contributed by atoms with E-state index >= 15 is 0 Å². The van der Waals surface area contributed by atoms with Crippen LogP contribution in [0.4, 0.5) is 0 Å². The van der Waals surface area contributed by atoms with Gasteiger partial charge in [0.25, 0.3) is 0 Å². The first-order valence-electron chi connectivity index (χ1n) is 7.18. The number of hydrogen-bond donors (Lipinski definition) is 1. The first kappa shape index (κ1) is 15.5. The summed E-state index contributed by atoms with van der Waals surface area (Å²) in [4.78, 5) is 4.01. The standard InChI is InChI=1S/C17H22N2O2/c1-20-16-7-3-2-6-15(16)17(13-18)21-12-4-5-14-8-10-19-11-9-14/h2-3,6-11,17H,4-5,12-13,18H2,1H3. The van der Waals surface area contributed by atoms with Gasteiger partial charge in [0.05, 0.1) is 13.2 Å². The van der Waals surface area contributed by atoms with Gasteiger partial charge < -0.3 is 15.2 Å². The first-order valence-corrected chi connectivity index (χ1v) is 7.18. The number of nitrogens with two attached hydrogens (primary N) is 1. The molecule has 1 atom stereocenters. The second kappa shape index (κ2) is 8.39. The van der Waals surface area contributed by atoms with Crippen molar-refractivity contribution in [3.05, 3.63) is 59.9 Å². The molecule has 1 unspecified atom stereocenters. The molecule has 0 fully saturated rings. The van der Waals surface area contributed by atoms with Gasteiger partial charge >= 0.3 is 0 Å². The van der Waals surface area contributed by atoms with Crippen molar-refractivity contribution in [2.24, 2.45) is 5.73 Å². The van der Waals surface area contributed by atoms with Crippen molar-refractivity contribution in [1.29, 1.82) is 0 Å². The normalized spacial score (nSPS) is 12.1. The largest absolute Gasteiger partial charge is 0.496 e. The van der Waals surface area contributed by atoms with Gasteiger partial charge in [0.1, 0.15) is 5.75 Å². The van der Waals surface area contributed by atoms with Crippen LogP contribution in [0.3, 0.4) is 0 Å². The number of para-hydroxylation sites is 1. The molecule has 0 bridgehead atoms. The summed E-state index contributed by atoms with van der Waals surface area (Å²) in [5.74, 6) is 0.821. The molecule has 1 aromatic heterocycles. The van der Waals surface area contributed by atoms with Crippen LogP contribution in [0.5, 0.6) is 5.75 Å². The molecular formula is C17H22N2O2. The van der Waals surface area contributed by atoms with E-state index in [-0.39, 0.29) is 6.10 Å². The van der Waals surface area contributed by atoms with E-state index < -0.39 is 0 Å². The molecule has 0 aliphatic carbocycles. The number of nitrogens with zero attached hydrogens (tertiary/aromatic N) is 1. The van der Waals surface area contributed by atoms with E-state index in [4.69, 9.17) is 15.2 Å². The van der Waals surface area contributed by atoms with E-state index in [9.17, 15) is 0 Å². The molecule has 0 aliphatic rings. The summed E-state index contributed by atoms with van der Waals surface area (Å²) in [6.07, 6.45) is 5.43. The van der Waals surface area contributed by atoms with Gasteiger partial charge in [0, 0.05) is 31.1 Å². The highest BCUT2D eigenvalue weighted by Gasteiger charge is 2.14. The van der Waals surface area contributed by atoms with Gasteiger partial charge in [-0.15, -0.1) is 0 Å². The number of pyridine rings is 1. The average molecular weight is 286 g/mol. The van der Waals surface area contributed by atoms with Crippen LogP contribution in [0.15, 0.2) is 48.8 Å². The van der Waals surface area contributed by atoms with Crippen LogP contribution in [0.2, 0.25) is 0 Å². The molecule has 4 nitrogen and oxygen atoms in total. The third-order valence-corrected chi connectivity index (χ3v) is 3.38. The summed E-state index contributed by atoms with van der Waals surface area (Å²) in [5.41, 5.74) is 8.11. The smallest absolute Gasteiger partial charge is 0.124 e. The minimum atomic E-state index is -0.126. The Morgan fingerprint density at radius 2 is 1.90 bits per heavy atom. The summed E-state index contributed by atoms with van der Waals surface area (Å²) in [6, 6.07) is 11.9. The van der Waals surface area contributed by atoms with Gasteiger partial charge in [-0.1, -0.05) is 18.2 Å². The predicted octanol–water partition coefficient (Wildman–Crippen LogP) is 2.74. The summed E-state index contributed by atoms with van der Waals surface area (Å²) in [7, 11) is 1.66. The molecule has 0 saturated carbocycles. The lowest BCUT2D eigenvalue weighted by Crippen LogP contribution is -2.17. The Morgan fingerprint density at radius 1 is 1.14 bits per heavy atom. The van der Waals surface area contributed by atoms with Crippen LogP contribution in [-0.4, -0.2) is 25.2 Å². The molecule has 2 aromatic rings. The second-order valence-electron chi connectivity index (χ2n) is 4.80. The summed E-state index contributed by atoms with van der Waals surface area (Å²) in [5, 5.41) is 0. The van der Waals surface area contributed by atoms with Crippen molar-refractivity contribution in [3.8, 4) is 5.75 Å². The highest BCUT2D eigenvalue weighted by atomic mass is 16.5. The van der Waals surface area contributed by atoms with E-state index in [1.807, 2.05) is 48.8 Å². The molecule has 1 heterocycles. The SMILES string of the molecule is COc1ccccc1C(CN)OCCCc1ccncc1. The molecule has 0 aliphatic heterocycles. The number of benzene rings is 1. The topological polar surface area (TPSA) is 57.4 Å². The van der Waals surface area contributed by atoms with Gasteiger partial charge in [0.2, 0.25) is 0 Å². The van der Waals surface area contributed by atoms with E-state index in [0.29, 0.717) is 13.2 Å². The fourth-order valence-electron chi connectivity index (χ4n) is 2.27. The molecule has 0 spiro atoms. The summed E-state index contributed by atoms with van der Waals surface area (Å²) >= 11 is 0. The Bertz CT molecular complexity index is 531. The van der Waals surface area contributed by atoms with Crippen LogP contribution in [0.25, 0.3) is 0 Å². The Morgan fingerprint density at radius 3 is 2.62 bits per heavy atom. The Kier molecular flexibility index (Phi) is 6.19. The van der Waals surface area contributed by atoms with Crippen LogP contribution in [0.1, 0.15) is 23.7 Å². The Balaban J connectivity index is 1.85. The third kappa shape index (κ3) is 4.55. The number of ether oxygens (including phenoxy) is 2. The Hall–Kier alpha value is -1.91. The molecular weight excluding hydrogens is 264 g/mol. The number of methoxy groups -OCH3 is 1. The van der Waals surface area contributed by atoms with Gasteiger partial charge in [-0.05, 0) is 36.6 Å². The molecule has 0 saturated heterocycles. The zero-order valence-corrected chi connectivity index (χ0v) is 12.4. The van der Waals surface area contributed by atoms with Gasteiger partial charge in [-0.3, -0.25) is 4.98 Å². The van der Waals surface area contributed by atoms with Gasteiger partial charge in [-0.2, -0.15) is 0 Å². The molecule has 112 valence electrons. The van der Waals surface area contributed by atoms with Gasteiger partial charge in [0.15, 0.2) is 0 Å². The van der Waals surface area contributed by atoms with E-state index in [0.717, 1.165) is 24.2 Å². The first-order chi connectivity index (χ1) is 10.3. The van der Waals surface area contributed by atoms with Crippen LogP contribution < -0.4 is 10.5 Å². The van der Waals surface area contributed by atoms with Crippen molar-refractivity contribution >= 4 is 0 Å². The lowest BCUT2D eigenvalue weighted by Gasteiger charge is -2.19. The van der Waals surface area contributed by atoms with Crippen molar-refractivity contribution < 1.29 is 9.47 Å². The fraction of sp³-hybridized carbons (Fsp3) is 0.353. The molecule has 1 aromatic carbocycles. The number of hydrogen-bond acceptors (Lipinski definition) is 4. The zero-order chi connectivity index (χ0) is 14.9. The van der Waals surface area contributed by atoms with Crippen molar-refractivity contribution in [2.75, 3.05) is 20.3 Å². The molecule has 2 rings (SSSR count). The highest BCUT2D eigenvalue weighted by molar-refractivity contribution is 5.35. The summed E-state index contributed by atoms with van der Waals surface area (Å²) in [6.45, 7) is 1.11. The molecule has 0 amide bonds. The number of rotatable bonds is 8. The van der Waals surface area contributed by atoms with Crippen molar-refractivity contribution in [3.63, 3.8) is 0 Å². The quantitative estimate of drug-likeness (QED) is 0.758. The minimum absolute atomic E-state index is 0.126. The Labute approximate surface area is 125 Å². The van der Waals surface area contributed by atoms with Crippen molar-refractivity contribution in [1.82, 2.24) is 4.98 Å². The number of aromatic nitrogens is 1. The molecule has 21 heavy (non-hydrogen) atoms. The molecule has 0 radical (unpaired) electrons. The van der Waals surface area contributed by atoms with Crippen LogP contribution >= 0.6 is 0 Å². The third-order valence-electron chi connectivity index (χ3n) is 3.38. The molecule has 4 heteroatoms. The van der Waals surface area contributed by atoms with Crippen LogP contribution in [0, 0.1) is 0 Å². The summed E-state index contributed by atoms with van der Waals surface area (Å²) < 4.78 is 11.3. The maximum Gasteiger partial charge on any atom is 0.124 e. The molecule has 2 N–H and O–H groups in total. The average Bonchev–Trinajstić information content (AvgIpc) is 2.56. The fourth-order valence-corrected chi connectivity index (χ4v) is 2.27. The van der Waals surface area contributed by atoms with Crippen LogP contribution in [-0.2, 0) is 11.2 Å². The predicted molar refractivity (Wildman–Crippen MR) is 83.3 cm³/mol. The van der Waals surface area contributed by atoms with Crippen molar-refractivity contribution in [2.45, 2.75) is 18.9 Å². The highest BCUT2D eigenvalue weighted by Crippen LogP contribution is 2.26. The van der Waals surface area contributed by atoms with E-state index in [1.165, 1.54) is 5.56 Å². The monoisotopic (exact) mass is 286 g/mol. The second-order valence-corrected chi connectivity index (χ2v) is 4.80. The lowest BCUT2D eigenvalue weighted by molar-refractivity contribution is 0.0554. The van der Waals surface area contributed by atoms with E-state index in [1.54, 1.807) is 7.11 Å². The van der Waals surface area contributed by atoms with Gasteiger partial charge in [-0.25, -0.2) is 0 Å². The minimum Gasteiger partial charge on any atom is -0.496 e. The maximum absolute atomic E-state index is 5.92.